The molecule has 0 amide bonds. The van der Waals surface area contributed by atoms with Crippen molar-refractivity contribution in [3.05, 3.63) is 64.7 Å². The van der Waals surface area contributed by atoms with Crippen molar-refractivity contribution in [2.45, 2.75) is 38.4 Å². The lowest BCUT2D eigenvalue weighted by molar-refractivity contribution is -0.118. The van der Waals surface area contributed by atoms with Gasteiger partial charge in [0.2, 0.25) is 0 Å². The number of aryl methyl sites for hydroxylation is 1. The number of nitriles is 1. The molecule has 2 bridgehead atoms. The Morgan fingerprint density at radius 2 is 1.97 bits per heavy atom. The van der Waals surface area contributed by atoms with Crippen LogP contribution < -0.4 is 4.74 Å². The highest BCUT2D eigenvalue weighted by molar-refractivity contribution is 6.25. The number of aliphatic hydroxyl groups excluding tert-OH is 1. The molecule has 6 heteroatoms. The lowest BCUT2D eigenvalue weighted by Crippen LogP contribution is -2.29. The van der Waals surface area contributed by atoms with Crippen LogP contribution in [0.4, 0.5) is 4.39 Å². The molecule has 1 aliphatic carbocycles. The molecule has 30 heavy (non-hydrogen) atoms. The average molecular weight is 405 g/mol. The molecule has 0 spiro atoms. The van der Waals surface area contributed by atoms with Gasteiger partial charge in [0.25, 0.3) is 0 Å². The third-order valence-electron chi connectivity index (χ3n) is 6.41. The molecule has 0 unspecified atom stereocenters. The van der Waals surface area contributed by atoms with Crippen LogP contribution in [0, 0.1) is 29.0 Å². The van der Waals surface area contributed by atoms with Crippen LogP contribution in [0.25, 0.3) is 5.57 Å². The first-order chi connectivity index (χ1) is 14.5. The summed E-state index contributed by atoms with van der Waals surface area (Å²) >= 11 is 0. The van der Waals surface area contributed by atoms with Crippen molar-refractivity contribution in [1.29, 1.82) is 5.26 Å². The van der Waals surface area contributed by atoms with Gasteiger partial charge >= 0.3 is 0 Å². The molecular formula is C24H20FNO4. The van der Waals surface area contributed by atoms with Crippen LogP contribution in [0.1, 0.15) is 36.5 Å². The summed E-state index contributed by atoms with van der Waals surface area (Å²) in [6.07, 6.45) is 2.16. The Kier molecular flexibility index (Phi) is 4.37. The minimum atomic E-state index is -0.641. The maximum atomic E-state index is 14.2. The molecule has 0 aromatic heterocycles. The van der Waals surface area contributed by atoms with Gasteiger partial charge in [-0.2, -0.15) is 5.26 Å². The molecule has 3 aliphatic rings. The van der Waals surface area contributed by atoms with Crippen molar-refractivity contribution in [3.8, 4) is 17.6 Å². The molecule has 1 N–H and O–H groups in total. The van der Waals surface area contributed by atoms with Crippen LogP contribution in [0.5, 0.6) is 11.5 Å². The Labute approximate surface area is 173 Å². The average Bonchev–Trinajstić information content (AvgIpc) is 3.43. The number of hydrogen-bond donors (Lipinski definition) is 1. The van der Waals surface area contributed by atoms with Gasteiger partial charge in [-0.1, -0.05) is 13.0 Å². The van der Waals surface area contributed by atoms with Crippen molar-refractivity contribution in [1.82, 2.24) is 0 Å². The normalized spacial score (nSPS) is 26.8. The highest BCUT2D eigenvalue weighted by atomic mass is 19.1. The zero-order chi connectivity index (χ0) is 21.0. The highest BCUT2D eigenvalue weighted by Crippen LogP contribution is 2.54. The number of benzene rings is 2. The van der Waals surface area contributed by atoms with Crippen LogP contribution in [-0.2, 0) is 16.0 Å². The van der Waals surface area contributed by atoms with Crippen LogP contribution in [0.15, 0.2) is 42.2 Å². The maximum Gasteiger partial charge on any atom is 0.173 e. The minimum Gasteiger partial charge on any atom is -0.511 e. The van der Waals surface area contributed by atoms with E-state index in [-0.39, 0.29) is 46.9 Å². The van der Waals surface area contributed by atoms with E-state index in [0.29, 0.717) is 23.3 Å². The van der Waals surface area contributed by atoms with E-state index in [1.54, 1.807) is 12.1 Å². The number of aliphatic hydroxyl groups is 1. The van der Waals surface area contributed by atoms with Gasteiger partial charge in [-0.05, 0) is 60.7 Å². The van der Waals surface area contributed by atoms with Gasteiger partial charge in [-0.15, -0.1) is 0 Å². The number of nitrogens with zero attached hydrogens (tertiary/aromatic N) is 1. The molecule has 152 valence electrons. The van der Waals surface area contributed by atoms with Crippen molar-refractivity contribution in [3.63, 3.8) is 0 Å². The summed E-state index contributed by atoms with van der Waals surface area (Å²) < 4.78 is 25.8. The van der Waals surface area contributed by atoms with Crippen molar-refractivity contribution >= 4 is 11.4 Å². The monoisotopic (exact) mass is 405 g/mol. The second kappa shape index (κ2) is 6.96. The summed E-state index contributed by atoms with van der Waals surface area (Å²) in [6, 6.07) is 11.1. The molecule has 0 radical (unpaired) electrons. The SMILES string of the molecule is CCc1ccc(Oc2ccc(C#N)cc2F)cc1C1=C(O)[C@H]2[C@@H](C1=O)[C@@H]1CC[C@H]2O1. The summed E-state index contributed by atoms with van der Waals surface area (Å²) in [6.45, 7) is 1.98. The summed E-state index contributed by atoms with van der Waals surface area (Å²) in [5.41, 5.74) is 2.08. The smallest absolute Gasteiger partial charge is 0.173 e. The quantitative estimate of drug-likeness (QED) is 0.798. The van der Waals surface area contributed by atoms with E-state index >= 15 is 0 Å². The first-order valence-corrected chi connectivity index (χ1v) is 10.2. The lowest BCUT2D eigenvalue weighted by atomic mass is 9.80. The Morgan fingerprint density at radius 3 is 2.63 bits per heavy atom. The first kappa shape index (κ1) is 18.8. The molecule has 2 aliphatic heterocycles. The lowest BCUT2D eigenvalue weighted by Gasteiger charge is -2.19. The number of ketones is 1. The summed E-state index contributed by atoms with van der Waals surface area (Å²) in [7, 11) is 0. The number of ether oxygens (including phenoxy) is 2. The molecule has 0 saturated carbocycles. The minimum absolute atomic E-state index is 0.0107. The number of halogens is 1. The summed E-state index contributed by atoms with van der Waals surface area (Å²) in [5.74, 6) is -0.855. The van der Waals surface area contributed by atoms with E-state index in [2.05, 4.69) is 0 Å². The second-order valence-corrected chi connectivity index (χ2v) is 8.00. The van der Waals surface area contributed by atoms with E-state index in [9.17, 15) is 14.3 Å². The van der Waals surface area contributed by atoms with Crippen molar-refractivity contribution in [2.24, 2.45) is 11.8 Å². The van der Waals surface area contributed by atoms with E-state index in [1.165, 1.54) is 12.1 Å². The Balaban J connectivity index is 1.53. The van der Waals surface area contributed by atoms with Crippen LogP contribution in [0.2, 0.25) is 0 Å². The van der Waals surface area contributed by atoms with Crippen LogP contribution in [0.3, 0.4) is 0 Å². The van der Waals surface area contributed by atoms with Crippen LogP contribution in [-0.4, -0.2) is 23.1 Å². The van der Waals surface area contributed by atoms with E-state index in [0.717, 1.165) is 24.5 Å². The highest BCUT2D eigenvalue weighted by Gasteiger charge is 2.59. The Bertz CT molecular complexity index is 1130. The zero-order valence-electron chi connectivity index (χ0n) is 16.4. The molecule has 2 fully saturated rings. The number of fused-ring (bicyclic) bond motifs is 5. The van der Waals surface area contributed by atoms with Gasteiger partial charge in [0.05, 0.1) is 41.2 Å². The fourth-order valence-corrected chi connectivity index (χ4v) is 5.03. The predicted octanol–water partition coefficient (Wildman–Crippen LogP) is 4.70. The first-order valence-electron chi connectivity index (χ1n) is 10.2. The number of hydrogen-bond acceptors (Lipinski definition) is 5. The van der Waals surface area contributed by atoms with Gasteiger partial charge < -0.3 is 14.6 Å². The number of carbonyl (C=O) groups is 1. The van der Waals surface area contributed by atoms with Crippen molar-refractivity contribution in [2.75, 3.05) is 0 Å². The third kappa shape index (κ3) is 2.73. The number of Topliss-reactive ketones (excluding diaryl/α,β-unsaturated/α-hetero) is 1. The van der Waals surface area contributed by atoms with Crippen molar-refractivity contribution < 1.29 is 23.8 Å². The number of allylic oxidation sites excluding steroid dienone is 1. The predicted molar refractivity (Wildman–Crippen MR) is 106 cm³/mol. The zero-order valence-corrected chi connectivity index (χ0v) is 16.4. The second-order valence-electron chi connectivity index (χ2n) is 8.00. The van der Waals surface area contributed by atoms with Gasteiger partial charge in [-0.3, -0.25) is 4.79 Å². The van der Waals surface area contributed by atoms with Gasteiger partial charge in [0.1, 0.15) is 11.5 Å². The molecule has 5 rings (SSSR count). The van der Waals surface area contributed by atoms with E-state index in [4.69, 9.17) is 14.7 Å². The Hall–Kier alpha value is -3.17. The molecule has 2 saturated heterocycles. The topological polar surface area (TPSA) is 79.5 Å². The van der Waals surface area contributed by atoms with Crippen LogP contribution >= 0.6 is 0 Å². The van der Waals surface area contributed by atoms with E-state index < -0.39 is 5.82 Å². The Morgan fingerprint density at radius 1 is 1.20 bits per heavy atom. The number of carbonyl (C=O) groups excluding carboxylic acids is 1. The standard InChI is InChI=1S/C24H20FNO4/c1-2-13-4-5-14(29-17-6-3-12(11-26)9-16(17)25)10-15(13)20-23(27)21-18-7-8-19(30-18)22(21)24(20)28/h3-6,9-10,18-19,21-22,27H,2,7-8H2,1H3/t18-,19+,21-,22+/m1/s1. The maximum absolute atomic E-state index is 14.2. The van der Waals surface area contributed by atoms with Gasteiger partial charge in [-0.25, -0.2) is 4.39 Å². The molecule has 2 aromatic carbocycles. The fourth-order valence-electron chi connectivity index (χ4n) is 5.03. The summed E-state index contributed by atoms with van der Waals surface area (Å²) in [5, 5.41) is 19.8. The van der Waals surface area contributed by atoms with E-state index in [1.807, 2.05) is 19.1 Å². The van der Waals surface area contributed by atoms with Gasteiger partial charge in [0.15, 0.2) is 17.3 Å². The number of rotatable bonds is 4. The fraction of sp³-hybridized carbons (Fsp3) is 0.333. The van der Waals surface area contributed by atoms with Gasteiger partial charge in [0, 0.05) is 0 Å². The third-order valence-corrected chi connectivity index (χ3v) is 6.41. The molecule has 2 heterocycles. The molecule has 4 atom stereocenters. The summed E-state index contributed by atoms with van der Waals surface area (Å²) in [4.78, 5) is 13.2. The molecule has 5 nitrogen and oxygen atoms in total. The largest absolute Gasteiger partial charge is 0.511 e. The molecule has 2 aromatic rings. The molecular weight excluding hydrogens is 385 g/mol.